The number of benzene rings is 2. The first kappa shape index (κ1) is 16.9. The molecule has 0 saturated carbocycles. The van der Waals surface area contributed by atoms with Gasteiger partial charge in [0.05, 0.1) is 17.2 Å². The third-order valence-electron chi connectivity index (χ3n) is 3.97. The second kappa shape index (κ2) is 6.61. The predicted octanol–water partition coefficient (Wildman–Crippen LogP) is 2.59. The van der Waals surface area contributed by atoms with E-state index in [0.29, 0.717) is 21.9 Å². The van der Waals surface area contributed by atoms with Gasteiger partial charge < -0.3 is 0 Å². The van der Waals surface area contributed by atoms with Crippen molar-refractivity contribution in [1.82, 2.24) is 24.5 Å². The molecule has 0 spiro atoms. The maximum atomic E-state index is 12.7. The molecule has 0 saturated heterocycles. The summed E-state index contributed by atoms with van der Waals surface area (Å²) >= 11 is 5.89. The van der Waals surface area contributed by atoms with E-state index < -0.39 is 4.92 Å². The third kappa shape index (κ3) is 3.15. The molecule has 9 nitrogen and oxygen atoms in total. The van der Waals surface area contributed by atoms with Crippen LogP contribution in [-0.4, -0.2) is 29.5 Å². The lowest BCUT2D eigenvalue weighted by molar-refractivity contribution is -0.384. The number of halogens is 1. The van der Waals surface area contributed by atoms with Crippen LogP contribution in [0, 0.1) is 10.1 Å². The molecule has 0 bridgehead atoms. The van der Waals surface area contributed by atoms with Gasteiger partial charge in [-0.15, -0.1) is 5.10 Å². The van der Waals surface area contributed by atoms with Gasteiger partial charge in [0.25, 0.3) is 11.2 Å². The second-order valence-corrected chi connectivity index (χ2v) is 6.19. The molecule has 0 aliphatic rings. The highest BCUT2D eigenvalue weighted by Crippen LogP contribution is 2.16. The summed E-state index contributed by atoms with van der Waals surface area (Å²) < 4.78 is 2.78. The standard InChI is InChI=1S/C17H11ClN6O3/c18-12-4-6-13(7-5-12)23-16-15(20-21-23)17(25)22(10-19-16)9-11-2-1-3-14(8-11)24(26)27/h1-8,10H,9H2. The highest BCUT2D eigenvalue weighted by Gasteiger charge is 2.14. The molecule has 0 amide bonds. The lowest BCUT2D eigenvalue weighted by Gasteiger charge is -2.06. The van der Waals surface area contributed by atoms with E-state index in [2.05, 4.69) is 15.3 Å². The maximum absolute atomic E-state index is 12.7. The summed E-state index contributed by atoms with van der Waals surface area (Å²) in [5.74, 6) is 0. The number of fused-ring (bicyclic) bond motifs is 1. The SMILES string of the molecule is O=c1c2nnn(-c3ccc(Cl)cc3)c2ncn1Cc1cccc([N+](=O)[O-])c1. The molecule has 0 fully saturated rings. The van der Waals surface area contributed by atoms with E-state index in [1.165, 1.54) is 27.7 Å². The van der Waals surface area contributed by atoms with Crippen molar-refractivity contribution >= 4 is 28.5 Å². The van der Waals surface area contributed by atoms with E-state index in [9.17, 15) is 14.9 Å². The van der Waals surface area contributed by atoms with Crippen LogP contribution in [0.5, 0.6) is 0 Å². The van der Waals surface area contributed by atoms with Crippen molar-refractivity contribution in [2.24, 2.45) is 0 Å². The molecule has 10 heteroatoms. The number of rotatable bonds is 4. The number of non-ortho nitro benzene ring substituents is 1. The number of hydrogen-bond acceptors (Lipinski definition) is 6. The average Bonchev–Trinajstić information content (AvgIpc) is 3.10. The molecule has 2 aromatic heterocycles. The van der Waals surface area contributed by atoms with Gasteiger partial charge in [-0.1, -0.05) is 28.9 Å². The van der Waals surface area contributed by atoms with Gasteiger partial charge in [-0.2, -0.15) is 4.68 Å². The Bertz CT molecular complexity index is 1220. The average molecular weight is 383 g/mol. The highest BCUT2D eigenvalue weighted by atomic mass is 35.5. The summed E-state index contributed by atoms with van der Waals surface area (Å²) in [4.78, 5) is 27.4. The maximum Gasteiger partial charge on any atom is 0.283 e. The van der Waals surface area contributed by atoms with E-state index in [1.54, 1.807) is 36.4 Å². The fraction of sp³-hybridized carbons (Fsp3) is 0.0588. The minimum Gasteiger partial charge on any atom is -0.293 e. The Hall–Kier alpha value is -3.59. The van der Waals surface area contributed by atoms with Crippen LogP contribution in [0.25, 0.3) is 16.9 Å². The molecule has 0 N–H and O–H groups in total. The fourth-order valence-corrected chi connectivity index (χ4v) is 2.80. The molecule has 0 unspecified atom stereocenters. The van der Waals surface area contributed by atoms with Gasteiger partial charge in [-0.25, -0.2) is 4.98 Å². The first-order chi connectivity index (χ1) is 13.0. The Kier molecular flexibility index (Phi) is 4.13. The summed E-state index contributed by atoms with van der Waals surface area (Å²) in [5.41, 5.74) is 1.29. The Labute approximate surface area is 156 Å². The zero-order chi connectivity index (χ0) is 19.0. The number of nitro benzene ring substituents is 1. The van der Waals surface area contributed by atoms with Gasteiger partial charge in [0.1, 0.15) is 6.33 Å². The minimum absolute atomic E-state index is 0.0386. The van der Waals surface area contributed by atoms with E-state index in [4.69, 9.17) is 11.6 Å². The van der Waals surface area contributed by atoms with Crippen molar-refractivity contribution in [2.75, 3.05) is 0 Å². The molecule has 27 heavy (non-hydrogen) atoms. The molecule has 2 aromatic carbocycles. The van der Waals surface area contributed by atoms with Crippen LogP contribution in [0.2, 0.25) is 5.02 Å². The summed E-state index contributed by atoms with van der Waals surface area (Å²) in [6.07, 6.45) is 1.37. The number of nitrogens with zero attached hydrogens (tertiary/aromatic N) is 6. The van der Waals surface area contributed by atoms with Gasteiger partial charge >= 0.3 is 0 Å². The summed E-state index contributed by atoms with van der Waals surface area (Å²) in [6, 6.07) is 13.0. The molecule has 4 aromatic rings. The lowest BCUT2D eigenvalue weighted by Crippen LogP contribution is -2.21. The zero-order valence-corrected chi connectivity index (χ0v) is 14.4. The molecular formula is C17H11ClN6O3. The molecule has 0 atom stereocenters. The zero-order valence-electron chi connectivity index (χ0n) is 13.7. The molecule has 0 aliphatic carbocycles. The summed E-state index contributed by atoms with van der Waals surface area (Å²) in [6.45, 7) is 0.136. The second-order valence-electron chi connectivity index (χ2n) is 5.75. The van der Waals surface area contributed by atoms with Crippen molar-refractivity contribution in [3.63, 3.8) is 0 Å². The number of hydrogen-bond donors (Lipinski definition) is 0. The quantitative estimate of drug-likeness (QED) is 0.396. The van der Waals surface area contributed by atoms with Crippen molar-refractivity contribution in [1.29, 1.82) is 0 Å². The van der Waals surface area contributed by atoms with Crippen LogP contribution < -0.4 is 5.56 Å². The Morgan fingerprint density at radius 3 is 2.67 bits per heavy atom. The van der Waals surface area contributed by atoms with E-state index in [-0.39, 0.29) is 23.3 Å². The molecule has 134 valence electrons. The lowest BCUT2D eigenvalue weighted by atomic mass is 10.2. The minimum atomic E-state index is -0.481. The van der Waals surface area contributed by atoms with Crippen LogP contribution >= 0.6 is 11.6 Å². The van der Waals surface area contributed by atoms with Gasteiger partial charge in [-0.3, -0.25) is 19.5 Å². The van der Waals surface area contributed by atoms with E-state index >= 15 is 0 Å². The molecule has 0 aliphatic heterocycles. The Morgan fingerprint density at radius 1 is 1.15 bits per heavy atom. The van der Waals surface area contributed by atoms with Gasteiger partial charge in [-0.05, 0) is 29.8 Å². The number of aromatic nitrogens is 5. The molecule has 4 rings (SSSR count). The Balaban J connectivity index is 1.73. The first-order valence-corrected chi connectivity index (χ1v) is 8.21. The summed E-state index contributed by atoms with van der Waals surface area (Å²) in [7, 11) is 0. The topological polar surface area (TPSA) is 109 Å². The molecule has 0 radical (unpaired) electrons. The summed E-state index contributed by atoms with van der Waals surface area (Å²) in [5, 5.41) is 19.4. The smallest absolute Gasteiger partial charge is 0.283 e. The largest absolute Gasteiger partial charge is 0.293 e. The van der Waals surface area contributed by atoms with E-state index in [1.807, 2.05) is 0 Å². The first-order valence-electron chi connectivity index (χ1n) is 7.83. The van der Waals surface area contributed by atoms with Gasteiger partial charge in [0.15, 0.2) is 11.2 Å². The molecule has 2 heterocycles. The Morgan fingerprint density at radius 2 is 1.93 bits per heavy atom. The van der Waals surface area contributed by atoms with Crippen LogP contribution in [0.1, 0.15) is 5.56 Å². The normalized spacial score (nSPS) is 11.0. The van der Waals surface area contributed by atoms with Crippen LogP contribution in [-0.2, 0) is 6.54 Å². The predicted molar refractivity (Wildman–Crippen MR) is 98.1 cm³/mol. The van der Waals surface area contributed by atoms with Crippen LogP contribution in [0.3, 0.4) is 0 Å². The number of nitro groups is 1. The van der Waals surface area contributed by atoms with Gasteiger partial charge in [0.2, 0.25) is 0 Å². The van der Waals surface area contributed by atoms with Crippen molar-refractivity contribution < 1.29 is 4.92 Å². The van der Waals surface area contributed by atoms with Crippen molar-refractivity contribution in [3.05, 3.63) is 85.9 Å². The van der Waals surface area contributed by atoms with Crippen LogP contribution in [0.15, 0.2) is 59.7 Å². The van der Waals surface area contributed by atoms with Crippen LogP contribution in [0.4, 0.5) is 5.69 Å². The van der Waals surface area contributed by atoms with E-state index in [0.717, 1.165) is 0 Å². The third-order valence-corrected chi connectivity index (χ3v) is 4.23. The van der Waals surface area contributed by atoms with Crippen molar-refractivity contribution in [2.45, 2.75) is 6.54 Å². The van der Waals surface area contributed by atoms with Crippen molar-refractivity contribution in [3.8, 4) is 5.69 Å². The highest BCUT2D eigenvalue weighted by molar-refractivity contribution is 6.30. The fourth-order valence-electron chi connectivity index (χ4n) is 2.68. The van der Waals surface area contributed by atoms with Gasteiger partial charge in [0, 0.05) is 17.2 Å². The monoisotopic (exact) mass is 382 g/mol. The molecular weight excluding hydrogens is 372 g/mol.